The summed E-state index contributed by atoms with van der Waals surface area (Å²) in [7, 11) is 0. The zero-order valence-electron chi connectivity index (χ0n) is 5.91. The van der Waals surface area contributed by atoms with Crippen molar-refractivity contribution in [2.45, 2.75) is 19.0 Å². The molecule has 0 aromatic rings. The molecule has 0 amide bonds. The Balaban J connectivity index is 3.73. The summed E-state index contributed by atoms with van der Waals surface area (Å²) in [6.45, 7) is 0.0280. The van der Waals surface area contributed by atoms with Crippen molar-refractivity contribution in [1.82, 2.24) is 0 Å². The lowest BCUT2D eigenvalue weighted by Crippen LogP contribution is -2.07. The topological polar surface area (TPSA) is 48.9 Å². The van der Waals surface area contributed by atoms with E-state index in [1.54, 1.807) is 0 Å². The molecule has 0 bridgehead atoms. The van der Waals surface area contributed by atoms with Gasteiger partial charge in [-0.1, -0.05) is 6.08 Å². The SMILES string of the molecule is N/C(=C\CC(F)(F)F)CC[OH2+]. The van der Waals surface area contributed by atoms with Gasteiger partial charge in [0.25, 0.3) is 0 Å². The molecular weight excluding hydrogens is 159 g/mol. The molecule has 0 spiro atoms. The Morgan fingerprint density at radius 1 is 1.45 bits per heavy atom. The number of alkyl halides is 3. The maximum atomic E-state index is 11.5. The summed E-state index contributed by atoms with van der Waals surface area (Å²) >= 11 is 0. The van der Waals surface area contributed by atoms with Crippen molar-refractivity contribution in [3.8, 4) is 0 Å². The summed E-state index contributed by atoms with van der Waals surface area (Å²) in [6, 6.07) is 0. The smallest absolute Gasteiger partial charge is 0.392 e. The molecule has 0 aromatic carbocycles. The molecule has 2 nitrogen and oxygen atoms in total. The molecule has 0 aromatic heterocycles. The van der Waals surface area contributed by atoms with E-state index in [1.165, 1.54) is 0 Å². The first-order valence-corrected chi connectivity index (χ1v) is 3.11. The maximum absolute atomic E-state index is 11.5. The van der Waals surface area contributed by atoms with Crippen molar-refractivity contribution in [3.05, 3.63) is 11.8 Å². The average molecular weight is 170 g/mol. The predicted octanol–water partition coefficient (Wildman–Crippen LogP) is 0.896. The van der Waals surface area contributed by atoms with Gasteiger partial charge in [-0.2, -0.15) is 13.2 Å². The summed E-state index contributed by atoms with van der Waals surface area (Å²) in [5.41, 5.74) is 5.27. The molecule has 0 atom stereocenters. The lowest BCUT2D eigenvalue weighted by molar-refractivity contribution is -0.125. The van der Waals surface area contributed by atoms with E-state index in [-0.39, 0.29) is 18.7 Å². The van der Waals surface area contributed by atoms with Gasteiger partial charge in [-0.15, -0.1) is 0 Å². The molecule has 11 heavy (non-hydrogen) atoms. The summed E-state index contributed by atoms with van der Waals surface area (Å²) in [5, 5.41) is 6.67. The summed E-state index contributed by atoms with van der Waals surface area (Å²) < 4.78 is 34.5. The molecule has 0 heterocycles. The Morgan fingerprint density at radius 3 is 2.36 bits per heavy atom. The number of rotatable bonds is 3. The third-order valence-electron chi connectivity index (χ3n) is 1.01. The van der Waals surface area contributed by atoms with Crippen molar-refractivity contribution < 1.29 is 18.3 Å². The lowest BCUT2D eigenvalue weighted by Gasteiger charge is -2.01. The first kappa shape index (κ1) is 10.3. The first-order chi connectivity index (χ1) is 4.95. The van der Waals surface area contributed by atoms with Gasteiger partial charge in [0.05, 0.1) is 12.8 Å². The van der Waals surface area contributed by atoms with Crippen LogP contribution in [0.5, 0.6) is 0 Å². The minimum absolute atomic E-state index is 0.0280. The monoisotopic (exact) mass is 170 g/mol. The molecule has 66 valence electrons. The largest absolute Gasteiger partial charge is 0.445 e. The van der Waals surface area contributed by atoms with Crippen LogP contribution >= 0.6 is 0 Å². The lowest BCUT2D eigenvalue weighted by atomic mass is 10.3. The van der Waals surface area contributed by atoms with E-state index in [0.717, 1.165) is 6.08 Å². The van der Waals surface area contributed by atoms with E-state index >= 15 is 0 Å². The second-order valence-electron chi connectivity index (χ2n) is 2.10. The Morgan fingerprint density at radius 2 is 2.00 bits per heavy atom. The van der Waals surface area contributed by atoms with Crippen LogP contribution < -0.4 is 5.73 Å². The van der Waals surface area contributed by atoms with E-state index < -0.39 is 12.6 Å². The van der Waals surface area contributed by atoms with Crippen molar-refractivity contribution in [2.75, 3.05) is 6.61 Å². The first-order valence-electron chi connectivity index (χ1n) is 3.11. The van der Waals surface area contributed by atoms with Crippen LogP contribution in [-0.2, 0) is 0 Å². The van der Waals surface area contributed by atoms with Crippen LogP contribution in [0.3, 0.4) is 0 Å². The molecule has 0 aliphatic carbocycles. The van der Waals surface area contributed by atoms with E-state index in [0.29, 0.717) is 0 Å². The van der Waals surface area contributed by atoms with Gasteiger partial charge < -0.3 is 10.8 Å². The Labute approximate surface area is 62.5 Å². The fourth-order valence-corrected chi connectivity index (χ4v) is 0.493. The normalized spacial score (nSPS) is 13.6. The highest BCUT2D eigenvalue weighted by Gasteiger charge is 2.25. The standard InChI is InChI=1S/C6H10F3NO/c7-6(8,9)3-1-5(10)2-4-11/h1,11H,2-4,10H2/p+1/b5-1-. The van der Waals surface area contributed by atoms with Gasteiger partial charge in [-0.05, 0) is 0 Å². The van der Waals surface area contributed by atoms with Crippen LogP contribution in [0.1, 0.15) is 12.8 Å². The van der Waals surface area contributed by atoms with Crippen molar-refractivity contribution in [3.63, 3.8) is 0 Å². The highest BCUT2D eigenvalue weighted by molar-refractivity contribution is 4.97. The Hall–Kier alpha value is -0.710. The molecular formula is C6H11F3NO+. The van der Waals surface area contributed by atoms with Crippen molar-refractivity contribution in [1.29, 1.82) is 0 Å². The number of hydrogen-bond donors (Lipinski definition) is 1. The second-order valence-corrected chi connectivity index (χ2v) is 2.10. The average Bonchev–Trinajstić information content (AvgIpc) is 1.83. The van der Waals surface area contributed by atoms with Gasteiger partial charge in [0, 0.05) is 5.70 Å². The third-order valence-corrected chi connectivity index (χ3v) is 1.01. The van der Waals surface area contributed by atoms with Gasteiger partial charge in [0.15, 0.2) is 0 Å². The van der Waals surface area contributed by atoms with Crippen molar-refractivity contribution in [2.24, 2.45) is 5.73 Å². The van der Waals surface area contributed by atoms with Gasteiger partial charge in [-0.3, -0.25) is 0 Å². The summed E-state index contributed by atoms with van der Waals surface area (Å²) in [6.07, 6.45) is -4.07. The van der Waals surface area contributed by atoms with E-state index in [4.69, 9.17) is 10.8 Å². The second kappa shape index (κ2) is 4.23. The number of allylic oxidation sites excluding steroid dienone is 1. The number of hydrogen-bond acceptors (Lipinski definition) is 1. The van der Waals surface area contributed by atoms with Gasteiger partial charge in [-0.25, -0.2) is 0 Å². The molecule has 0 aliphatic heterocycles. The highest BCUT2D eigenvalue weighted by atomic mass is 19.4. The van der Waals surface area contributed by atoms with Gasteiger partial charge in [0.2, 0.25) is 0 Å². The third kappa shape index (κ3) is 7.18. The van der Waals surface area contributed by atoms with E-state index in [2.05, 4.69) is 0 Å². The fraction of sp³-hybridized carbons (Fsp3) is 0.667. The Kier molecular flexibility index (Phi) is 3.95. The van der Waals surface area contributed by atoms with Crippen LogP contribution in [0.2, 0.25) is 0 Å². The minimum Gasteiger partial charge on any atom is -0.445 e. The molecule has 0 rings (SSSR count). The number of halogens is 3. The van der Waals surface area contributed by atoms with Crippen molar-refractivity contribution >= 4 is 0 Å². The van der Waals surface area contributed by atoms with Gasteiger partial charge in [0.1, 0.15) is 6.61 Å². The van der Waals surface area contributed by atoms with E-state index in [1.807, 2.05) is 0 Å². The molecule has 0 radical (unpaired) electrons. The van der Waals surface area contributed by atoms with E-state index in [9.17, 15) is 13.2 Å². The minimum atomic E-state index is -4.19. The van der Waals surface area contributed by atoms with Crippen LogP contribution in [-0.4, -0.2) is 17.9 Å². The zero-order valence-corrected chi connectivity index (χ0v) is 5.91. The number of nitrogens with two attached hydrogens (primary N) is 1. The van der Waals surface area contributed by atoms with Crippen LogP contribution in [0, 0.1) is 0 Å². The summed E-state index contributed by atoms with van der Waals surface area (Å²) in [4.78, 5) is 0. The zero-order chi connectivity index (χ0) is 8.91. The quantitative estimate of drug-likeness (QED) is 0.628. The molecule has 4 N–H and O–H groups in total. The molecule has 5 heteroatoms. The summed E-state index contributed by atoms with van der Waals surface area (Å²) in [5.74, 6) is 0. The molecule has 0 fully saturated rings. The maximum Gasteiger partial charge on any atom is 0.392 e. The predicted molar refractivity (Wildman–Crippen MR) is 36.0 cm³/mol. The Bertz CT molecular complexity index is 141. The molecule has 0 unspecified atom stereocenters. The van der Waals surface area contributed by atoms with Crippen LogP contribution in [0.15, 0.2) is 11.8 Å². The van der Waals surface area contributed by atoms with Crippen LogP contribution in [0.4, 0.5) is 13.2 Å². The molecule has 0 saturated carbocycles. The van der Waals surface area contributed by atoms with Crippen LogP contribution in [0.25, 0.3) is 0 Å². The highest BCUT2D eigenvalue weighted by Crippen LogP contribution is 2.20. The molecule has 0 saturated heterocycles. The molecule has 0 aliphatic rings. The van der Waals surface area contributed by atoms with Gasteiger partial charge >= 0.3 is 6.18 Å². The fourth-order valence-electron chi connectivity index (χ4n) is 0.493.